The molecule has 0 aliphatic rings. The number of carbonyl (C=O) groups is 1. The molecule has 19 heavy (non-hydrogen) atoms. The SMILES string of the molecule is CC(NC(=O)CN)c1ccc(-n2cncn2)cc1.Cl. The minimum Gasteiger partial charge on any atom is -0.348 e. The Hall–Kier alpha value is -1.92. The minimum absolute atomic E-state index is 0. The van der Waals surface area contributed by atoms with Crippen LogP contribution in [0.1, 0.15) is 18.5 Å². The largest absolute Gasteiger partial charge is 0.348 e. The van der Waals surface area contributed by atoms with Gasteiger partial charge in [0.1, 0.15) is 12.7 Å². The maximum Gasteiger partial charge on any atom is 0.234 e. The lowest BCUT2D eigenvalue weighted by Crippen LogP contribution is -2.32. The molecule has 1 amide bonds. The molecule has 1 aromatic carbocycles. The van der Waals surface area contributed by atoms with E-state index in [1.807, 2.05) is 31.2 Å². The average Bonchev–Trinajstić information content (AvgIpc) is 2.92. The zero-order chi connectivity index (χ0) is 13.0. The van der Waals surface area contributed by atoms with Crippen molar-refractivity contribution in [3.05, 3.63) is 42.5 Å². The fraction of sp³-hybridized carbons (Fsp3) is 0.250. The van der Waals surface area contributed by atoms with E-state index < -0.39 is 0 Å². The van der Waals surface area contributed by atoms with E-state index in [1.165, 1.54) is 6.33 Å². The molecule has 1 aromatic heterocycles. The number of nitrogens with two attached hydrogens (primary N) is 1. The molecule has 1 unspecified atom stereocenters. The smallest absolute Gasteiger partial charge is 0.234 e. The van der Waals surface area contributed by atoms with Crippen molar-refractivity contribution in [3.8, 4) is 5.69 Å². The summed E-state index contributed by atoms with van der Waals surface area (Å²) in [5.74, 6) is -0.164. The Kier molecular flexibility index (Phi) is 5.47. The van der Waals surface area contributed by atoms with Gasteiger partial charge in [-0.2, -0.15) is 5.10 Å². The van der Waals surface area contributed by atoms with Crippen molar-refractivity contribution in [2.75, 3.05) is 6.54 Å². The number of carbonyl (C=O) groups excluding carboxylic acids is 1. The van der Waals surface area contributed by atoms with Crippen LogP contribution in [-0.4, -0.2) is 27.2 Å². The van der Waals surface area contributed by atoms with Crippen LogP contribution in [0.5, 0.6) is 0 Å². The molecule has 2 aromatic rings. The Labute approximate surface area is 117 Å². The van der Waals surface area contributed by atoms with Crippen LogP contribution in [0.4, 0.5) is 0 Å². The molecule has 0 aliphatic carbocycles. The van der Waals surface area contributed by atoms with Gasteiger partial charge in [-0.1, -0.05) is 12.1 Å². The van der Waals surface area contributed by atoms with Crippen LogP contribution in [0.25, 0.3) is 5.69 Å². The van der Waals surface area contributed by atoms with Gasteiger partial charge in [0.15, 0.2) is 0 Å². The van der Waals surface area contributed by atoms with Gasteiger partial charge in [0.2, 0.25) is 5.91 Å². The molecule has 0 bridgehead atoms. The van der Waals surface area contributed by atoms with Gasteiger partial charge in [-0.3, -0.25) is 4.79 Å². The lowest BCUT2D eigenvalue weighted by molar-refractivity contribution is -0.120. The van der Waals surface area contributed by atoms with Crippen molar-refractivity contribution in [3.63, 3.8) is 0 Å². The zero-order valence-corrected chi connectivity index (χ0v) is 11.3. The van der Waals surface area contributed by atoms with Gasteiger partial charge in [0.25, 0.3) is 0 Å². The third kappa shape index (κ3) is 3.77. The molecule has 3 N–H and O–H groups in total. The Morgan fingerprint density at radius 2 is 2.11 bits per heavy atom. The van der Waals surface area contributed by atoms with E-state index in [4.69, 9.17) is 5.73 Å². The number of rotatable bonds is 4. The van der Waals surface area contributed by atoms with Crippen LogP contribution in [0.3, 0.4) is 0 Å². The number of hydrogen-bond donors (Lipinski definition) is 2. The molecular weight excluding hydrogens is 266 g/mol. The van der Waals surface area contributed by atoms with Crippen molar-refractivity contribution in [1.29, 1.82) is 0 Å². The van der Waals surface area contributed by atoms with Gasteiger partial charge in [-0.15, -0.1) is 12.4 Å². The predicted octanol–water partition coefficient (Wildman–Crippen LogP) is 0.825. The van der Waals surface area contributed by atoms with Crippen molar-refractivity contribution >= 4 is 18.3 Å². The van der Waals surface area contributed by atoms with E-state index in [0.717, 1.165) is 11.3 Å². The molecular formula is C12H16ClN5O. The van der Waals surface area contributed by atoms with Crippen molar-refractivity contribution < 1.29 is 4.79 Å². The van der Waals surface area contributed by atoms with Gasteiger partial charge in [-0.05, 0) is 24.6 Å². The number of hydrogen-bond acceptors (Lipinski definition) is 4. The van der Waals surface area contributed by atoms with E-state index in [-0.39, 0.29) is 30.9 Å². The van der Waals surface area contributed by atoms with Crippen molar-refractivity contribution in [2.45, 2.75) is 13.0 Å². The Morgan fingerprint density at radius 3 is 2.63 bits per heavy atom. The molecule has 0 saturated heterocycles. The maximum absolute atomic E-state index is 11.2. The molecule has 0 spiro atoms. The van der Waals surface area contributed by atoms with Gasteiger partial charge >= 0.3 is 0 Å². The first-order chi connectivity index (χ1) is 8.70. The van der Waals surface area contributed by atoms with E-state index in [1.54, 1.807) is 11.0 Å². The number of aromatic nitrogens is 3. The number of amides is 1. The number of nitrogens with one attached hydrogen (secondary N) is 1. The van der Waals surface area contributed by atoms with Crippen LogP contribution in [0.2, 0.25) is 0 Å². The first-order valence-corrected chi connectivity index (χ1v) is 5.65. The summed E-state index contributed by atoms with van der Waals surface area (Å²) in [7, 11) is 0. The fourth-order valence-corrected chi connectivity index (χ4v) is 1.64. The van der Waals surface area contributed by atoms with Crippen molar-refractivity contribution in [1.82, 2.24) is 20.1 Å². The Bertz CT molecular complexity index is 511. The normalized spacial score (nSPS) is 11.5. The van der Waals surface area contributed by atoms with Crippen LogP contribution >= 0.6 is 12.4 Å². The monoisotopic (exact) mass is 281 g/mol. The first kappa shape index (κ1) is 15.1. The third-order valence-electron chi connectivity index (χ3n) is 2.64. The summed E-state index contributed by atoms with van der Waals surface area (Å²) >= 11 is 0. The molecule has 7 heteroatoms. The summed E-state index contributed by atoms with van der Waals surface area (Å²) in [6.07, 6.45) is 3.12. The van der Waals surface area contributed by atoms with Crippen LogP contribution in [-0.2, 0) is 4.79 Å². The standard InChI is InChI=1S/C12H15N5O.ClH/c1-9(16-12(18)6-13)10-2-4-11(5-3-10)17-8-14-7-15-17;/h2-5,7-9H,6,13H2,1H3,(H,16,18);1H. The lowest BCUT2D eigenvalue weighted by atomic mass is 10.1. The quantitative estimate of drug-likeness (QED) is 0.869. The second-order valence-corrected chi connectivity index (χ2v) is 3.92. The molecule has 0 aliphatic heterocycles. The highest BCUT2D eigenvalue weighted by Crippen LogP contribution is 2.14. The van der Waals surface area contributed by atoms with E-state index in [9.17, 15) is 4.79 Å². The van der Waals surface area contributed by atoms with Crippen LogP contribution in [0, 0.1) is 0 Å². The molecule has 1 atom stereocenters. The molecule has 0 radical (unpaired) electrons. The van der Waals surface area contributed by atoms with E-state index >= 15 is 0 Å². The molecule has 1 heterocycles. The third-order valence-corrected chi connectivity index (χ3v) is 2.64. The van der Waals surface area contributed by atoms with Crippen molar-refractivity contribution in [2.24, 2.45) is 5.73 Å². The Balaban J connectivity index is 0.00000180. The number of nitrogens with zero attached hydrogens (tertiary/aromatic N) is 3. The fourth-order valence-electron chi connectivity index (χ4n) is 1.64. The van der Waals surface area contributed by atoms with Gasteiger partial charge in [-0.25, -0.2) is 9.67 Å². The molecule has 0 saturated carbocycles. The average molecular weight is 282 g/mol. The molecule has 2 rings (SSSR count). The van der Waals surface area contributed by atoms with Gasteiger partial charge in [0.05, 0.1) is 18.3 Å². The number of halogens is 1. The number of benzene rings is 1. The summed E-state index contributed by atoms with van der Waals surface area (Å²) in [5, 5.41) is 6.84. The topological polar surface area (TPSA) is 85.8 Å². The zero-order valence-electron chi connectivity index (χ0n) is 10.5. The minimum atomic E-state index is -0.164. The second kappa shape index (κ2) is 6.86. The van der Waals surface area contributed by atoms with E-state index in [2.05, 4.69) is 15.4 Å². The molecule has 102 valence electrons. The highest BCUT2D eigenvalue weighted by Gasteiger charge is 2.08. The lowest BCUT2D eigenvalue weighted by Gasteiger charge is -2.14. The van der Waals surface area contributed by atoms with Gasteiger partial charge in [0, 0.05) is 0 Å². The summed E-state index contributed by atoms with van der Waals surface area (Å²) in [5.41, 5.74) is 7.20. The maximum atomic E-state index is 11.2. The van der Waals surface area contributed by atoms with Crippen LogP contribution < -0.4 is 11.1 Å². The van der Waals surface area contributed by atoms with Gasteiger partial charge < -0.3 is 11.1 Å². The summed E-state index contributed by atoms with van der Waals surface area (Å²) in [6.45, 7) is 1.92. The summed E-state index contributed by atoms with van der Waals surface area (Å²) < 4.78 is 1.67. The molecule has 0 fully saturated rings. The Morgan fingerprint density at radius 1 is 1.42 bits per heavy atom. The predicted molar refractivity (Wildman–Crippen MR) is 74.2 cm³/mol. The summed E-state index contributed by atoms with van der Waals surface area (Å²) in [4.78, 5) is 15.1. The van der Waals surface area contributed by atoms with Crippen LogP contribution in [0.15, 0.2) is 36.9 Å². The van der Waals surface area contributed by atoms with E-state index in [0.29, 0.717) is 0 Å². The highest BCUT2D eigenvalue weighted by molar-refractivity contribution is 5.85. The highest BCUT2D eigenvalue weighted by atomic mass is 35.5. The first-order valence-electron chi connectivity index (χ1n) is 5.65. The summed E-state index contributed by atoms with van der Waals surface area (Å²) in [6, 6.07) is 7.67. The second-order valence-electron chi connectivity index (χ2n) is 3.92. The molecule has 6 nitrogen and oxygen atoms in total.